The number of nitrogens with one attached hydrogen (secondary N) is 2. The molecule has 0 aliphatic carbocycles. The van der Waals surface area contributed by atoms with Crippen molar-refractivity contribution in [1.29, 1.82) is 0 Å². The summed E-state index contributed by atoms with van der Waals surface area (Å²) in [7, 11) is -3.71. The highest BCUT2D eigenvalue weighted by Gasteiger charge is 2.26. The third kappa shape index (κ3) is 5.71. The quantitative estimate of drug-likeness (QED) is 0.578. The van der Waals surface area contributed by atoms with E-state index in [-0.39, 0.29) is 5.92 Å². The number of carboxylic acid groups (broad SMARTS) is 1. The van der Waals surface area contributed by atoms with Gasteiger partial charge in [-0.3, -0.25) is 4.79 Å². The maximum atomic E-state index is 11.3. The van der Waals surface area contributed by atoms with Crippen molar-refractivity contribution in [3.05, 3.63) is 0 Å². The summed E-state index contributed by atoms with van der Waals surface area (Å²) in [5, 5.41) is 8.78. The normalized spacial score (nSPS) is 14.1. The molecule has 90 valence electrons. The smallest absolute Gasteiger partial charge is 0.322 e. The second-order valence-electron chi connectivity index (χ2n) is 3.58. The molecule has 7 heteroatoms. The molecule has 0 aromatic carbocycles. The Morgan fingerprint density at radius 1 is 1.40 bits per heavy atom. The molecule has 0 bridgehead atoms. The molecule has 0 unspecified atom stereocenters. The summed E-state index contributed by atoms with van der Waals surface area (Å²) < 4.78 is 27.0. The molecule has 6 nitrogen and oxygen atoms in total. The Bertz CT molecular complexity index is 300. The summed E-state index contributed by atoms with van der Waals surface area (Å²) in [6.45, 7) is 5.39. The van der Waals surface area contributed by atoms with E-state index in [1.165, 1.54) is 0 Å². The second kappa shape index (κ2) is 6.04. The molecule has 3 N–H and O–H groups in total. The van der Waals surface area contributed by atoms with Gasteiger partial charge in [0.15, 0.2) is 0 Å². The zero-order valence-electron chi connectivity index (χ0n) is 9.15. The van der Waals surface area contributed by atoms with Crippen LogP contribution in [0.5, 0.6) is 0 Å². The van der Waals surface area contributed by atoms with Crippen molar-refractivity contribution < 1.29 is 18.3 Å². The van der Waals surface area contributed by atoms with E-state index in [9.17, 15) is 13.2 Å². The first-order valence-electron chi connectivity index (χ1n) is 4.80. The number of aliphatic carboxylic acids is 1. The fraction of sp³-hybridized carbons (Fsp3) is 0.875. The first-order valence-corrected chi connectivity index (χ1v) is 6.28. The third-order valence-electron chi connectivity index (χ3n) is 1.76. The molecule has 0 rings (SSSR count). The number of rotatable bonds is 7. The predicted molar refractivity (Wildman–Crippen MR) is 56.6 cm³/mol. The summed E-state index contributed by atoms with van der Waals surface area (Å²) in [5.41, 5.74) is 0. The van der Waals surface area contributed by atoms with Gasteiger partial charge < -0.3 is 5.11 Å². The molecule has 15 heavy (non-hydrogen) atoms. The van der Waals surface area contributed by atoms with Crippen LogP contribution in [0.25, 0.3) is 0 Å². The molecular weight excluding hydrogens is 220 g/mol. The summed E-state index contributed by atoms with van der Waals surface area (Å²) in [6, 6.07) is -1.10. The Kier molecular flexibility index (Phi) is 5.77. The Balaban J connectivity index is 4.46. The number of hydrogen-bond donors (Lipinski definition) is 3. The van der Waals surface area contributed by atoms with Gasteiger partial charge >= 0.3 is 5.97 Å². The van der Waals surface area contributed by atoms with E-state index in [0.717, 1.165) is 0 Å². The Hall–Kier alpha value is -0.660. The molecule has 0 aromatic heterocycles. The zero-order valence-corrected chi connectivity index (χ0v) is 9.97. The van der Waals surface area contributed by atoms with Crippen molar-refractivity contribution in [2.45, 2.75) is 33.2 Å². The van der Waals surface area contributed by atoms with Crippen LogP contribution in [-0.2, 0) is 15.0 Å². The Morgan fingerprint density at radius 2 is 1.93 bits per heavy atom. The van der Waals surface area contributed by atoms with Crippen molar-refractivity contribution >= 4 is 16.2 Å². The maximum Gasteiger partial charge on any atom is 0.322 e. The second-order valence-corrected chi connectivity index (χ2v) is 5.11. The SMILES string of the molecule is CCCNS(=O)(=O)N[C@@H](C(=O)O)C(C)C. The van der Waals surface area contributed by atoms with Crippen LogP contribution in [0.1, 0.15) is 27.2 Å². The fourth-order valence-electron chi connectivity index (χ4n) is 0.917. The maximum absolute atomic E-state index is 11.3. The van der Waals surface area contributed by atoms with Crippen LogP contribution < -0.4 is 9.44 Å². The largest absolute Gasteiger partial charge is 0.480 e. The van der Waals surface area contributed by atoms with Crippen LogP contribution in [0.4, 0.5) is 0 Å². The average molecular weight is 238 g/mol. The molecule has 1 atom stereocenters. The molecule has 0 saturated carbocycles. The van der Waals surface area contributed by atoms with Crippen molar-refractivity contribution in [1.82, 2.24) is 9.44 Å². The minimum atomic E-state index is -3.71. The van der Waals surface area contributed by atoms with Gasteiger partial charge in [0, 0.05) is 6.54 Å². The van der Waals surface area contributed by atoms with Gasteiger partial charge in [0.25, 0.3) is 10.2 Å². The topological polar surface area (TPSA) is 95.5 Å². The zero-order chi connectivity index (χ0) is 12.1. The predicted octanol–water partition coefficient (Wildman–Crippen LogP) is -0.0704. The molecule has 0 aliphatic rings. The number of hydrogen-bond acceptors (Lipinski definition) is 3. The lowest BCUT2D eigenvalue weighted by molar-refractivity contribution is -0.140. The molecule has 0 heterocycles. The van der Waals surface area contributed by atoms with E-state index < -0.39 is 22.2 Å². The Labute approximate surface area is 90.2 Å². The molecule has 0 aliphatic heterocycles. The lowest BCUT2D eigenvalue weighted by atomic mass is 10.1. The summed E-state index contributed by atoms with van der Waals surface area (Å²) in [6.07, 6.45) is 0.653. The van der Waals surface area contributed by atoms with Gasteiger partial charge in [-0.05, 0) is 12.3 Å². The van der Waals surface area contributed by atoms with Crippen molar-refractivity contribution in [2.75, 3.05) is 6.54 Å². The summed E-state index contributed by atoms with van der Waals surface area (Å²) in [5.74, 6) is -1.48. The third-order valence-corrected chi connectivity index (χ3v) is 2.91. The van der Waals surface area contributed by atoms with Gasteiger partial charge in [-0.1, -0.05) is 20.8 Å². The van der Waals surface area contributed by atoms with Gasteiger partial charge in [0.2, 0.25) is 0 Å². The minimum Gasteiger partial charge on any atom is -0.480 e. The van der Waals surface area contributed by atoms with Crippen LogP contribution in [0.2, 0.25) is 0 Å². The fourth-order valence-corrected chi connectivity index (χ4v) is 2.18. The molecule has 0 aromatic rings. The van der Waals surface area contributed by atoms with E-state index >= 15 is 0 Å². The molecule has 0 amide bonds. The van der Waals surface area contributed by atoms with E-state index in [2.05, 4.69) is 9.44 Å². The van der Waals surface area contributed by atoms with Gasteiger partial charge in [-0.2, -0.15) is 13.1 Å². The number of carbonyl (C=O) groups is 1. The van der Waals surface area contributed by atoms with Crippen molar-refractivity contribution in [3.8, 4) is 0 Å². The van der Waals surface area contributed by atoms with Crippen molar-refractivity contribution in [2.24, 2.45) is 5.92 Å². The standard InChI is InChI=1S/C8H18N2O4S/c1-4-5-9-15(13,14)10-7(6(2)3)8(11)12/h6-7,9-10H,4-5H2,1-3H3,(H,11,12)/t7-/m1/s1. The average Bonchev–Trinajstić information content (AvgIpc) is 2.10. The van der Waals surface area contributed by atoms with Crippen LogP contribution in [-0.4, -0.2) is 32.1 Å². The molecular formula is C8H18N2O4S. The van der Waals surface area contributed by atoms with Gasteiger partial charge in [-0.25, -0.2) is 4.72 Å². The summed E-state index contributed by atoms with van der Waals surface area (Å²) >= 11 is 0. The van der Waals surface area contributed by atoms with Crippen LogP contribution in [0.15, 0.2) is 0 Å². The first-order chi connectivity index (χ1) is 6.80. The molecule has 0 fully saturated rings. The molecule has 0 spiro atoms. The van der Waals surface area contributed by atoms with Crippen LogP contribution in [0, 0.1) is 5.92 Å². The highest BCUT2D eigenvalue weighted by Crippen LogP contribution is 2.02. The van der Waals surface area contributed by atoms with E-state index in [1.54, 1.807) is 13.8 Å². The van der Waals surface area contributed by atoms with Gasteiger partial charge in [-0.15, -0.1) is 0 Å². The van der Waals surface area contributed by atoms with E-state index in [4.69, 9.17) is 5.11 Å². The van der Waals surface area contributed by atoms with Crippen LogP contribution >= 0.6 is 0 Å². The van der Waals surface area contributed by atoms with Gasteiger partial charge in [0.1, 0.15) is 6.04 Å². The van der Waals surface area contributed by atoms with Gasteiger partial charge in [0.05, 0.1) is 0 Å². The number of carboxylic acids is 1. The minimum absolute atomic E-state index is 0.291. The highest BCUT2D eigenvalue weighted by molar-refractivity contribution is 7.87. The molecule has 0 radical (unpaired) electrons. The molecule has 0 saturated heterocycles. The first kappa shape index (κ1) is 14.3. The van der Waals surface area contributed by atoms with Crippen LogP contribution in [0.3, 0.4) is 0 Å². The lowest BCUT2D eigenvalue weighted by Gasteiger charge is -2.17. The monoisotopic (exact) mass is 238 g/mol. The summed E-state index contributed by atoms with van der Waals surface area (Å²) in [4.78, 5) is 10.7. The lowest BCUT2D eigenvalue weighted by Crippen LogP contribution is -2.49. The Morgan fingerprint density at radius 3 is 2.27 bits per heavy atom. The highest BCUT2D eigenvalue weighted by atomic mass is 32.2. The van der Waals surface area contributed by atoms with E-state index in [1.807, 2.05) is 6.92 Å². The van der Waals surface area contributed by atoms with E-state index in [0.29, 0.717) is 13.0 Å². The van der Waals surface area contributed by atoms with Crippen molar-refractivity contribution in [3.63, 3.8) is 0 Å².